The van der Waals surface area contributed by atoms with Crippen LogP contribution in [-0.2, 0) is 4.79 Å². The number of nitrogens with one attached hydrogen (secondary N) is 1. The molecule has 1 atom stereocenters. The second kappa shape index (κ2) is 4.57. The maximum atomic E-state index is 13.3. The summed E-state index contributed by atoms with van der Waals surface area (Å²) in [7, 11) is 0. The van der Waals surface area contributed by atoms with Gasteiger partial charge in [-0.3, -0.25) is 4.79 Å². The lowest BCUT2D eigenvalue weighted by Gasteiger charge is -2.13. The molecular formula is C9H9BrF2N2O. The number of halogens is 3. The number of carbonyl (C=O) groups excluding carboxylic acids is 1. The zero-order valence-corrected chi connectivity index (χ0v) is 9.44. The van der Waals surface area contributed by atoms with E-state index in [2.05, 4.69) is 21.2 Å². The van der Waals surface area contributed by atoms with E-state index in [0.717, 1.165) is 12.1 Å². The van der Waals surface area contributed by atoms with E-state index < -0.39 is 23.6 Å². The van der Waals surface area contributed by atoms with Crippen molar-refractivity contribution in [3.8, 4) is 0 Å². The van der Waals surface area contributed by atoms with Gasteiger partial charge in [0.1, 0.15) is 17.7 Å². The van der Waals surface area contributed by atoms with Gasteiger partial charge >= 0.3 is 0 Å². The minimum atomic E-state index is -0.782. The Balaban J connectivity index is 3.00. The molecule has 1 aromatic carbocycles. The van der Waals surface area contributed by atoms with Gasteiger partial charge < -0.3 is 11.1 Å². The third-order valence-corrected chi connectivity index (χ3v) is 2.42. The highest BCUT2D eigenvalue weighted by Gasteiger charge is 2.14. The molecule has 1 rings (SSSR count). The molecule has 0 spiro atoms. The molecule has 0 bridgehead atoms. The van der Waals surface area contributed by atoms with Crippen molar-refractivity contribution in [1.82, 2.24) is 0 Å². The van der Waals surface area contributed by atoms with Crippen LogP contribution >= 0.6 is 15.9 Å². The highest BCUT2D eigenvalue weighted by atomic mass is 79.9. The molecule has 0 heterocycles. The Labute approximate surface area is 93.8 Å². The third-order valence-electron chi connectivity index (χ3n) is 1.79. The molecule has 3 N–H and O–H groups in total. The fraction of sp³-hybridized carbons (Fsp3) is 0.222. The van der Waals surface area contributed by atoms with Crippen LogP contribution in [0.3, 0.4) is 0 Å². The number of rotatable bonds is 3. The van der Waals surface area contributed by atoms with Crippen molar-refractivity contribution in [3.05, 3.63) is 28.2 Å². The van der Waals surface area contributed by atoms with Crippen molar-refractivity contribution < 1.29 is 13.6 Å². The number of anilines is 1. The molecule has 1 aromatic rings. The van der Waals surface area contributed by atoms with Gasteiger partial charge in [0.25, 0.3) is 0 Å². The molecular weight excluding hydrogens is 270 g/mol. The summed E-state index contributed by atoms with van der Waals surface area (Å²) in [6.45, 7) is 1.48. The largest absolute Gasteiger partial charge is 0.371 e. The molecule has 15 heavy (non-hydrogen) atoms. The lowest BCUT2D eigenvalue weighted by Crippen LogP contribution is -2.32. The molecule has 0 fully saturated rings. The van der Waals surface area contributed by atoms with E-state index in [0.29, 0.717) is 0 Å². The normalized spacial score (nSPS) is 12.3. The van der Waals surface area contributed by atoms with Gasteiger partial charge in [0, 0.05) is 10.5 Å². The highest BCUT2D eigenvalue weighted by molar-refractivity contribution is 9.10. The summed E-state index contributed by atoms with van der Waals surface area (Å²) in [5, 5.41) is 2.54. The quantitative estimate of drug-likeness (QED) is 0.889. The van der Waals surface area contributed by atoms with Crippen molar-refractivity contribution in [1.29, 1.82) is 0 Å². The number of benzene rings is 1. The van der Waals surface area contributed by atoms with Gasteiger partial charge in [-0.1, -0.05) is 0 Å². The zero-order chi connectivity index (χ0) is 11.6. The van der Waals surface area contributed by atoms with Gasteiger partial charge in [-0.25, -0.2) is 8.78 Å². The lowest BCUT2D eigenvalue weighted by atomic mass is 10.2. The number of primary amides is 1. The monoisotopic (exact) mass is 278 g/mol. The van der Waals surface area contributed by atoms with Crippen LogP contribution in [0.1, 0.15) is 6.92 Å². The topological polar surface area (TPSA) is 55.1 Å². The molecule has 0 saturated heterocycles. The van der Waals surface area contributed by atoms with Crippen molar-refractivity contribution in [2.75, 3.05) is 5.32 Å². The van der Waals surface area contributed by atoms with E-state index in [4.69, 9.17) is 5.73 Å². The average molecular weight is 279 g/mol. The van der Waals surface area contributed by atoms with E-state index in [1.165, 1.54) is 6.92 Å². The molecule has 0 aliphatic rings. The van der Waals surface area contributed by atoms with Gasteiger partial charge in [0.2, 0.25) is 5.91 Å². The lowest BCUT2D eigenvalue weighted by molar-refractivity contribution is -0.118. The van der Waals surface area contributed by atoms with Crippen molar-refractivity contribution >= 4 is 27.5 Å². The number of carbonyl (C=O) groups is 1. The van der Waals surface area contributed by atoms with Crippen LogP contribution in [0.15, 0.2) is 16.6 Å². The molecule has 3 nitrogen and oxygen atoms in total. The second-order valence-corrected chi connectivity index (χ2v) is 3.87. The van der Waals surface area contributed by atoms with Crippen LogP contribution in [-0.4, -0.2) is 11.9 Å². The summed E-state index contributed by atoms with van der Waals surface area (Å²) in [5.74, 6) is -2.10. The van der Waals surface area contributed by atoms with Crippen molar-refractivity contribution in [3.63, 3.8) is 0 Å². The Morgan fingerprint density at radius 1 is 1.53 bits per heavy atom. The minimum Gasteiger partial charge on any atom is -0.371 e. The summed E-state index contributed by atoms with van der Waals surface area (Å²) in [4.78, 5) is 10.7. The third kappa shape index (κ3) is 2.89. The van der Waals surface area contributed by atoms with E-state index in [9.17, 15) is 13.6 Å². The van der Waals surface area contributed by atoms with E-state index in [1.807, 2.05) is 0 Å². The maximum absolute atomic E-state index is 13.3. The maximum Gasteiger partial charge on any atom is 0.239 e. The van der Waals surface area contributed by atoms with E-state index in [-0.39, 0.29) is 10.2 Å². The Bertz CT molecular complexity index is 375. The van der Waals surface area contributed by atoms with E-state index >= 15 is 0 Å². The van der Waals surface area contributed by atoms with Gasteiger partial charge in [0.15, 0.2) is 0 Å². The van der Waals surface area contributed by atoms with Crippen LogP contribution in [0.5, 0.6) is 0 Å². The van der Waals surface area contributed by atoms with Gasteiger partial charge in [-0.15, -0.1) is 0 Å². The van der Waals surface area contributed by atoms with Crippen LogP contribution in [0, 0.1) is 11.6 Å². The second-order valence-electron chi connectivity index (χ2n) is 3.01. The Kier molecular flexibility index (Phi) is 3.62. The first-order valence-corrected chi connectivity index (χ1v) is 4.91. The summed E-state index contributed by atoms with van der Waals surface area (Å²) >= 11 is 2.98. The number of nitrogens with two attached hydrogens (primary N) is 1. The predicted molar refractivity (Wildman–Crippen MR) is 56.3 cm³/mol. The van der Waals surface area contributed by atoms with E-state index in [1.54, 1.807) is 0 Å². The number of amides is 1. The fourth-order valence-corrected chi connectivity index (χ4v) is 1.49. The Morgan fingerprint density at radius 2 is 2.13 bits per heavy atom. The standard InChI is InChI=1S/C9H9BrF2N2O/c1-4(9(13)15)14-8-6(10)2-5(11)3-7(8)12/h2-4,14H,1H3,(H2,13,15). The molecule has 1 unspecified atom stereocenters. The fourth-order valence-electron chi connectivity index (χ4n) is 0.968. The first kappa shape index (κ1) is 11.9. The average Bonchev–Trinajstić information content (AvgIpc) is 2.10. The molecule has 0 aliphatic heterocycles. The number of hydrogen-bond acceptors (Lipinski definition) is 2. The summed E-state index contributed by atoms with van der Waals surface area (Å²) in [6, 6.07) is 1.08. The van der Waals surface area contributed by atoms with Crippen LogP contribution in [0.2, 0.25) is 0 Å². The minimum absolute atomic E-state index is 0.0164. The highest BCUT2D eigenvalue weighted by Crippen LogP contribution is 2.27. The molecule has 0 aromatic heterocycles. The smallest absolute Gasteiger partial charge is 0.239 e. The van der Waals surface area contributed by atoms with Gasteiger partial charge in [-0.2, -0.15) is 0 Å². The summed E-state index contributed by atoms with van der Waals surface area (Å²) < 4.78 is 26.2. The summed E-state index contributed by atoms with van der Waals surface area (Å²) in [6.07, 6.45) is 0. The zero-order valence-electron chi connectivity index (χ0n) is 7.85. The molecule has 0 radical (unpaired) electrons. The molecule has 0 saturated carbocycles. The van der Waals surface area contributed by atoms with Crippen LogP contribution in [0.4, 0.5) is 14.5 Å². The van der Waals surface area contributed by atoms with Crippen LogP contribution < -0.4 is 11.1 Å². The first-order valence-electron chi connectivity index (χ1n) is 4.12. The Morgan fingerprint density at radius 3 is 2.60 bits per heavy atom. The van der Waals surface area contributed by atoms with Gasteiger partial charge in [-0.05, 0) is 28.9 Å². The van der Waals surface area contributed by atoms with Crippen molar-refractivity contribution in [2.24, 2.45) is 5.73 Å². The van der Waals surface area contributed by atoms with Crippen LogP contribution in [0.25, 0.3) is 0 Å². The van der Waals surface area contributed by atoms with Crippen molar-refractivity contribution in [2.45, 2.75) is 13.0 Å². The molecule has 1 amide bonds. The number of hydrogen-bond donors (Lipinski definition) is 2. The molecule has 82 valence electrons. The molecule has 6 heteroatoms. The van der Waals surface area contributed by atoms with Gasteiger partial charge in [0.05, 0.1) is 5.69 Å². The SMILES string of the molecule is CC(Nc1c(F)cc(F)cc1Br)C(N)=O. The summed E-state index contributed by atoms with van der Waals surface area (Å²) in [5.41, 5.74) is 5.02. The first-order chi connectivity index (χ1) is 6.91. The predicted octanol–water partition coefficient (Wildman–Crippen LogP) is 2.01. The Hall–Kier alpha value is -1.17. The molecule has 0 aliphatic carbocycles.